The average Bonchev–Trinajstić information content (AvgIpc) is 2.86. The quantitative estimate of drug-likeness (QED) is 0.424. The van der Waals surface area contributed by atoms with Crippen molar-refractivity contribution < 1.29 is 18.0 Å². The highest BCUT2D eigenvalue weighted by Crippen LogP contribution is 2.29. The third kappa shape index (κ3) is 5.52. The van der Waals surface area contributed by atoms with Crippen LogP contribution in [0.25, 0.3) is 5.69 Å². The van der Waals surface area contributed by atoms with E-state index in [-0.39, 0.29) is 24.3 Å². The third-order valence-corrected chi connectivity index (χ3v) is 5.38. The van der Waals surface area contributed by atoms with Crippen LogP contribution in [0.5, 0.6) is 0 Å². The number of pyridine rings is 1. The van der Waals surface area contributed by atoms with E-state index in [0.29, 0.717) is 10.7 Å². The molecule has 2 heterocycles. The number of halogens is 4. The predicted octanol–water partition coefficient (Wildman–Crippen LogP) is 3.44. The monoisotopic (exact) mass is 515 g/mol. The lowest BCUT2D eigenvalue weighted by Crippen LogP contribution is -2.46. The molecule has 0 atom stereocenters. The van der Waals surface area contributed by atoms with Crippen molar-refractivity contribution in [3.8, 4) is 5.69 Å². The molecule has 4 rings (SSSR count). The van der Waals surface area contributed by atoms with Crippen LogP contribution in [0.2, 0.25) is 5.02 Å². The fourth-order valence-corrected chi connectivity index (χ4v) is 3.41. The Labute approximate surface area is 206 Å². The molecule has 0 unspecified atom stereocenters. The summed E-state index contributed by atoms with van der Waals surface area (Å²) in [6.45, 7) is -0.383. The fraction of sp³-hybridized carbons (Fsp3) is 0.125. The van der Waals surface area contributed by atoms with Crippen molar-refractivity contribution in [2.75, 3.05) is 0 Å². The molecule has 0 fully saturated rings. The van der Waals surface area contributed by atoms with Crippen molar-refractivity contribution in [1.29, 1.82) is 0 Å². The molecule has 0 aliphatic heterocycles. The molecule has 2 aromatic carbocycles. The van der Waals surface area contributed by atoms with E-state index in [2.05, 4.69) is 15.4 Å². The summed E-state index contributed by atoms with van der Waals surface area (Å²) in [7, 11) is 0. The molecule has 0 saturated carbocycles. The van der Waals surface area contributed by atoms with E-state index >= 15 is 0 Å². The molecule has 4 aromatic rings. The van der Waals surface area contributed by atoms with Crippen LogP contribution in [-0.4, -0.2) is 25.2 Å². The molecule has 12 heteroatoms. The molecule has 2 aromatic heterocycles. The van der Waals surface area contributed by atoms with Crippen LogP contribution in [0.3, 0.4) is 0 Å². The summed E-state index contributed by atoms with van der Waals surface area (Å²) >= 11 is 5.92. The van der Waals surface area contributed by atoms with Gasteiger partial charge in [0.1, 0.15) is 0 Å². The molecule has 1 amide bonds. The minimum atomic E-state index is -4.54. The number of alkyl halides is 3. The maximum atomic E-state index is 13.2. The topological polar surface area (TPSA) is 98.9 Å². The van der Waals surface area contributed by atoms with Gasteiger partial charge in [0.05, 0.1) is 30.0 Å². The van der Waals surface area contributed by atoms with Crippen LogP contribution in [0, 0.1) is 0 Å². The second kappa shape index (κ2) is 10.2. The normalized spacial score (nSPS) is 11.3. The van der Waals surface area contributed by atoms with Crippen LogP contribution in [0.1, 0.15) is 27.3 Å². The molecule has 0 aliphatic carbocycles. The fourth-order valence-electron chi connectivity index (χ4n) is 3.29. The predicted molar refractivity (Wildman–Crippen MR) is 125 cm³/mol. The second-order valence-electron chi connectivity index (χ2n) is 7.61. The Morgan fingerprint density at radius 2 is 1.67 bits per heavy atom. The minimum absolute atomic E-state index is 0.000229. The number of aromatic nitrogens is 4. The molecule has 36 heavy (non-hydrogen) atoms. The molecular formula is C24H17ClF3N5O3. The molecule has 0 aliphatic rings. The van der Waals surface area contributed by atoms with Crippen molar-refractivity contribution >= 4 is 17.5 Å². The lowest BCUT2D eigenvalue weighted by Gasteiger charge is -2.13. The van der Waals surface area contributed by atoms with E-state index in [1.54, 1.807) is 18.2 Å². The van der Waals surface area contributed by atoms with E-state index in [9.17, 15) is 27.6 Å². The van der Waals surface area contributed by atoms with Gasteiger partial charge in [-0.15, -0.1) is 0 Å². The molecule has 0 spiro atoms. The number of hydrogen-bond donors (Lipinski definition) is 1. The Hall–Kier alpha value is -4.25. The first-order chi connectivity index (χ1) is 17.1. The Balaban J connectivity index is 1.75. The summed E-state index contributed by atoms with van der Waals surface area (Å²) in [5.41, 5.74) is -2.33. The lowest BCUT2D eigenvalue weighted by molar-refractivity contribution is -0.137. The molecule has 0 bridgehead atoms. The van der Waals surface area contributed by atoms with Crippen LogP contribution < -0.4 is 16.6 Å². The van der Waals surface area contributed by atoms with Crippen molar-refractivity contribution in [2.24, 2.45) is 0 Å². The zero-order valence-electron chi connectivity index (χ0n) is 18.4. The zero-order valence-corrected chi connectivity index (χ0v) is 19.1. The number of amides is 1. The molecule has 0 saturated heterocycles. The summed E-state index contributed by atoms with van der Waals surface area (Å²) in [4.78, 5) is 43.2. The van der Waals surface area contributed by atoms with Crippen molar-refractivity contribution in [2.45, 2.75) is 19.3 Å². The van der Waals surface area contributed by atoms with Crippen molar-refractivity contribution in [3.63, 3.8) is 0 Å². The van der Waals surface area contributed by atoms with E-state index in [1.165, 1.54) is 30.5 Å². The standard InChI is InChI=1S/C24H17ClF3N5O3/c25-17-8-10-19(11-9-17)33-23(36)32(14-15-4-6-16(7-5-15)24(26,27)28)22(35)20(31-33)21(34)30-13-18-3-1-2-12-29-18/h1-12H,13-14H2,(H,30,34). The molecule has 1 N–H and O–H groups in total. The van der Waals surface area contributed by atoms with Gasteiger partial charge in [-0.25, -0.2) is 4.79 Å². The summed E-state index contributed by atoms with van der Waals surface area (Å²) in [6, 6.07) is 15.0. The van der Waals surface area contributed by atoms with E-state index in [1.807, 2.05) is 0 Å². The van der Waals surface area contributed by atoms with Gasteiger partial charge in [0.15, 0.2) is 0 Å². The number of nitrogens with one attached hydrogen (secondary N) is 1. The number of carbonyl (C=O) groups excluding carboxylic acids is 1. The van der Waals surface area contributed by atoms with Gasteiger partial charge in [-0.1, -0.05) is 29.8 Å². The highest BCUT2D eigenvalue weighted by Gasteiger charge is 2.30. The van der Waals surface area contributed by atoms with Crippen LogP contribution >= 0.6 is 11.6 Å². The smallest absolute Gasteiger partial charge is 0.345 e. The Morgan fingerprint density at radius 3 is 2.28 bits per heavy atom. The Kier molecular flexibility index (Phi) is 7.02. The van der Waals surface area contributed by atoms with Crippen LogP contribution in [-0.2, 0) is 19.3 Å². The highest BCUT2D eigenvalue weighted by atomic mass is 35.5. The third-order valence-electron chi connectivity index (χ3n) is 5.12. The lowest BCUT2D eigenvalue weighted by atomic mass is 10.1. The van der Waals surface area contributed by atoms with Crippen LogP contribution in [0.15, 0.2) is 82.5 Å². The Morgan fingerprint density at radius 1 is 0.972 bits per heavy atom. The number of benzene rings is 2. The SMILES string of the molecule is O=C(NCc1ccccn1)c1nn(-c2ccc(Cl)cc2)c(=O)n(Cc2ccc(C(F)(F)F)cc2)c1=O. The molecule has 184 valence electrons. The van der Waals surface area contributed by atoms with Gasteiger partial charge in [-0.3, -0.25) is 19.1 Å². The molecule has 8 nitrogen and oxygen atoms in total. The van der Waals surface area contributed by atoms with Crippen molar-refractivity contribution in [1.82, 2.24) is 24.6 Å². The van der Waals surface area contributed by atoms with Gasteiger partial charge in [0, 0.05) is 11.2 Å². The minimum Gasteiger partial charge on any atom is -0.345 e. The summed E-state index contributed by atoms with van der Waals surface area (Å²) < 4.78 is 40.3. The van der Waals surface area contributed by atoms with E-state index < -0.39 is 34.6 Å². The largest absolute Gasteiger partial charge is 0.416 e. The first kappa shape index (κ1) is 24.9. The van der Waals surface area contributed by atoms with Crippen LogP contribution in [0.4, 0.5) is 13.2 Å². The molecular weight excluding hydrogens is 499 g/mol. The highest BCUT2D eigenvalue weighted by molar-refractivity contribution is 6.30. The van der Waals surface area contributed by atoms with Crippen molar-refractivity contribution in [3.05, 3.63) is 121 Å². The first-order valence-electron chi connectivity index (χ1n) is 10.5. The summed E-state index contributed by atoms with van der Waals surface area (Å²) in [5, 5.41) is 6.91. The number of hydrogen-bond acceptors (Lipinski definition) is 5. The maximum Gasteiger partial charge on any atom is 0.416 e. The van der Waals surface area contributed by atoms with Gasteiger partial charge >= 0.3 is 11.9 Å². The number of rotatable bonds is 6. The second-order valence-corrected chi connectivity index (χ2v) is 8.05. The first-order valence-corrected chi connectivity index (χ1v) is 10.9. The molecule has 0 radical (unpaired) electrons. The zero-order chi connectivity index (χ0) is 25.9. The average molecular weight is 516 g/mol. The van der Waals surface area contributed by atoms with Gasteiger partial charge in [-0.2, -0.15) is 23.0 Å². The number of nitrogens with zero attached hydrogens (tertiary/aromatic N) is 4. The van der Waals surface area contributed by atoms with Gasteiger partial charge in [0.2, 0.25) is 5.69 Å². The van der Waals surface area contributed by atoms with E-state index in [4.69, 9.17) is 11.6 Å². The maximum absolute atomic E-state index is 13.2. The summed E-state index contributed by atoms with van der Waals surface area (Å²) in [5.74, 6) is -0.852. The van der Waals surface area contributed by atoms with Gasteiger partial charge in [0.25, 0.3) is 11.5 Å². The van der Waals surface area contributed by atoms with E-state index in [0.717, 1.165) is 33.5 Å². The Bertz CT molecular complexity index is 1500. The number of carbonyl (C=O) groups is 1. The van der Waals surface area contributed by atoms with Gasteiger partial charge in [-0.05, 0) is 54.1 Å². The summed E-state index contributed by atoms with van der Waals surface area (Å²) in [6.07, 6.45) is -3.00. The van der Waals surface area contributed by atoms with Gasteiger partial charge < -0.3 is 5.32 Å².